The number of halogens is 1. The van der Waals surface area contributed by atoms with Gasteiger partial charge in [0.2, 0.25) is 5.13 Å². The third kappa shape index (κ3) is 4.83. The molecule has 0 bridgehead atoms. The maximum absolute atomic E-state index is 14.0. The van der Waals surface area contributed by atoms with E-state index in [4.69, 9.17) is 4.74 Å². The molecule has 8 nitrogen and oxygen atoms in total. The van der Waals surface area contributed by atoms with Crippen LogP contribution in [-0.2, 0) is 15.3 Å². The Hall–Kier alpha value is -4.09. The number of aromatic nitrogens is 3. The van der Waals surface area contributed by atoms with Gasteiger partial charge in [0, 0.05) is 23.7 Å². The van der Waals surface area contributed by atoms with Crippen molar-refractivity contribution in [3.63, 3.8) is 0 Å². The number of benzene rings is 2. The highest BCUT2D eigenvalue weighted by Gasteiger charge is 2.48. The number of rotatable bonds is 7. The van der Waals surface area contributed by atoms with Crippen LogP contribution in [0.3, 0.4) is 0 Å². The lowest BCUT2D eigenvalue weighted by atomic mass is 9.95. The van der Waals surface area contributed by atoms with Gasteiger partial charge in [-0.1, -0.05) is 53.4 Å². The second-order valence-electron chi connectivity index (χ2n) is 7.91. The molecule has 11 heteroatoms. The van der Waals surface area contributed by atoms with E-state index in [0.29, 0.717) is 32.5 Å². The minimum Gasteiger partial charge on any atom is -0.507 e. The normalized spacial score (nSPS) is 16.8. The molecule has 2 aromatic carbocycles. The van der Waals surface area contributed by atoms with Gasteiger partial charge < -0.3 is 9.84 Å². The van der Waals surface area contributed by atoms with Crippen LogP contribution in [0.2, 0.25) is 0 Å². The van der Waals surface area contributed by atoms with E-state index in [1.165, 1.54) is 42.2 Å². The molecular formula is C26H19FN4O4S2. The lowest BCUT2D eigenvalue weighted by Gasteiger charge is -2.22. The number of aliphatic hydroxyl groups is 1. The first-order chi connectivity index (χ1) is 18.0. The van der Waals surface area contributed by atoms with Gasteiger partial charge in [0.25, 0.3) is 5.78 Å². The lowest BCUT2D eigenvalue weighted by Crippen LogP contribution is -2.29. The van der Waals surface area contributed by atoms with Crippen LogP contribution in [0.5, 0.6) is 5.75 Å². The zero-order valence-electron chi connectivity index (χ0n) is 19.4. The van der Waals surface area contributed by atoms with E-state index in [9.17, 15) is 19.1 Å². The van der Waals surface area contributed by atoms with Crippen LogP contribution < -0.4 is 9.64 Å². The number of carbonyl (C=O) groups excluding carboxylic acids is 2. The zero-order chi connectivity index (χ0) is 25.9. The van der Waals surface area contributed by atoms with E-state index in [1.54, 1.807) is 54.6 Å². The Labute approximate surface area is 219 Å². The Morgan fingerprint density at radius 2 is 1.89 bits per heavy atom. The smallest absolute Gasteiger partial charge is 0.301 e. The molecule has 1 atom stereocenters. The average Bonchev–Trinajstić information content (AvgIpc) is 3.50. The fourth-order valence-corrected chi connectivity index (χ4v) is 5.79. The van der Waals surface area contributed by atoms with Crippen LogP contribution in [0.25, 0.3) is 5.76 Å². The molecule has 5 rings (SSSR count). The van der Waals surface area contributed by atoms with Crippen LogP contribution in [0.4, 0.5) is 9.52 Å². The topological polar surface area (TPSA) is 106 Å². The van der Waals surface area contributed by atoms with Gasteiger partial charge >= 0.3 is 5.91 Å². The summed E-state index contributed by atoms with van der Waals surface area (Å²) in [7, 11) is 1.51. The number of Topliss-reactive ketones (excluding diaryl/α,β-unsaturated/α-hetero) is 1. The number of hydrogen-bond acceptors (Lipinski definition) is 9. The van der Waals surface area contributed by atoms with Gasteiger partial charge in [-0.2, -0.15) is 0 Å². The van der Waals surface area contributed by atoms with Crippen molar-refractivity contribution in [2.45, 2.75) is 16.1 Å². The van der Waals surface area contributed by atoms with Crippen molar-refractivity contribution in [1.82, 2.24) is 15.2 Å². The quantitative estimate of drug-likeness (QED) is 0.116. The zero-order valence-corrected chi connectivity index (χ0v) is 21.0. The molecule has 1 aliphatic rings. The summed E-state index contributed by atoms with van der Waals surface area (Å²) in [6.45, 7) is 0. The molecular weight excluding hydrogens is 515 g/mol. The molecule has 1 aliphatic heterocycles. The van der Waals surface area contributed by atoms with E-state index in [2.05, 4.69) is 15.2 Å². The number of anilines is 1. The highest BCUT2D eigenvalue weighted by atomic mass is 32.2. The molecule has 0 radical (unpaired) electrons. The standard InChI is InChI=1S/C26H19FN4O4S2/c1-35-18-7-4-6-16(13-18)21-20(22(32)15-9-11-28-12-10-15)23(33)24(34)31(21)25-29-30-26(37-25)36-14-17-5-2-3-8-19(17)27/h2-13,21,32H,14H2,1H3/b22-20+. The Balaban J connectivity index is 1.55. The van der Waals surface area contributed by atoms with Crippen molar-refractivity contribution in [2.24, 2.45) is 0 Å². The molecule has 37 heavy (non-hydrogen) atoms. The number of aliphatic hydroxyl groups excluding tert-OH is 1. The minimum absolute atomic E-state index is 0.0831. The SMILES string of the molecule is COc1cccc(C2/C(=C(\O)c3ccncc3)C(=O)C(=O)N2c2nnc(SCc3ccccc3F)s2)c1. The summed E-state index contributed by atoms with van der Waals surface area (Å²) in [6, 6.07) is 15.5. The summed E-state index contributed by atoms with van der Waals surface area (Å²) in [6.07, 6.45) is 2.96. The first-order valence-electron chi connectivity index (χ1n) is 11.0. The summed E-state index contributed by atoms with van der Waals surface area (Å²) >= 11 is 2.37. The molecule has 1 N–H and O–H groups in total. The molecule has 0 aliphatic carbocycles. The fraction of sp³-hybridized carbons (Fsp3) is 0.115. The number of carbonyl (C=O) groups is 2. The number of pyridine rings is 1. The van der Waals surface area contributed by atoms with Crippen LogP contribution in [0, 0.1) is 5.82 Å². The number of ketones is 1. The second kappa shape index (κ2) is 10.5. The summed E-state index contributed by atoms with van der Waals surface area (Å²) in [5.41, 5.74) is 1.32. The molecule has 1 unspecified atom stereocenters. The first kappa shape index (κ1) is 24.6. The summed E-state index contributed by atoms with van der Waals surface area (Å²) in [5, 5.41) is 19.6. The Morgan fingerprint density at radius 3 is 2.65 bits per heavy atom. The van der Waals surface area contributed by atoms with Crippen molar-refractivity contribution >= 4 is 45.7 Å². The van der Waals surface area contributed by atoms with Gasteiger partial charge in [-0.3, -0.25) is 19.5 Å². The predicted octanol–water partition coefficient (Wildman–Crippen LogP) is 5.00. The maximum Gasteiger partial charge on any atom is 0.301 e. The van der Waals surface area contributed by atoms with Crippen molar-refractivity contribution in [3.8, 4) is 5.75 Å². The largest absolute Gasteiger partial charge is 0.507 e. The van der Waals surface area contributed by atoms with Crippen molar-refractivity contribution in [3.05, 3.63) is 101 Å². The molecule has 3 heterocycles. The summed E-state index contributed by atoms with van der Waals surface area (Å²) in [4.78, 5) is 31.7. The molecule has 1 saturated heterocycles. The van der Waals surface area contributed by atoms with Gasteiger partial charge in [0.05, 0.1) is 18.7 Å². The van der Waals surface area contributed by atoms with Crippen molar-refractivity contribution in [2.75, 3.05) is 12.0 Å². The first-order valence-corrected chi connectivity index (χ1v) is 12.8. The van der Waals surface area contributed by atoms with E-state index in [-0.39, 0.29) is 22.3 Å². The molecule has 186 valence electrons. The highest BCUT2D eigenvalue weighted by molar-refractivity contribution is 8.00. The highest BCUT2D eigenvalue weighted by Crippen LogP contribution is 2.44. The van der Waals surface area contributed by atoms with Gasteiger partial charge in [0.15, 0.2) is 4.34 Å². The van der Waals surface area contributed by atoms with E-state index < -0.39 is 17.7 Å². The van der Waals surface area contributed by atoms with E-state index >= 15 is 0 Å². The third-order valence-corrected chi connectivity index (χ3v) is 7.82. The molecule has 0 spiro atoms. The maximum atomic E-state index is 14.0. The van der Waals surface area contributed by atoms with Gasteiger partial charge in [-0.05, 0) is 41.5 Å². The fourth-order valence-electron chi connectivity index (χ4n) is 3.94. The number of amides is 1. The van der Waals surface area contributed by atoms with Crippen LogP contribution >= 0.6 is 23.1 Å². The monoisotopic (exact) mass is 534 g/mol. The summed E-state index contributed by atoms with van der Waals surface area (Å²) in [5.74, 6) is -1.50. The predicted molar refractivity (Wildman–Crippen MR) is 138 cm³/mol. The molecule has 1 amide bonds. The third-order valence-electron chi connectivity index (χ3n) is 5.72. The molecule has 1 fully saturated rings. The second-order valence-corrected chi connectivity index (χ2v) is 10.1. The van der Waals surface area contributed by atoms with Crippen molar-refractivity contribution < 1.29 is 23.8 Å². The van der Waals surface area contributed by atoms with Gasteiger partial charge in [0.1, 0.15) is 17.3 Å². The summed E-state index contributed by atoms with van der Waals surface area (Å²) < 4.78 is 19.9. The minimum atomic E-state index is -0.972. The number of hydrogen-bond donors (Lipinski definition) is 1. The van der Waals surface area contributed by atoms with E-state index in [0.717, 1.165) is 11.3 Å². The van der Waals surface area contributed by atoms with Crippen LogP contribution in [-0.4, -0.2) is 39.1 Å². The van der Waals surface area contributed by atoms with Gasteiger partial charge in [-0.25, -0.2) is 4.39 Å². The molecule has 2 aromatic heterocycles. The molecule has 4 aromatic rings. The lowest BCUT2D eigenvalue weighted by molar-refractivity contribution is -0.132. The number of thioether (sulfide) groups is 1. The Morgan fingerprint density at radius 1 is 1.11 bits per heavy atom. The van der Waals surface area contributed by atoms with Crippen LogP contribution in [0.1, 0.15) is 22.7 Å². The average molecular weight is 535 g/mol. The van der Waals surface area contributed by atoms with Crippen molar-refractivity contribution in [1.29, 1.82) is 0 Å². The Bertz CT molecular complexity index is 1510. The number of methoxy groups -OCH3 is 1. The number of nitrogens with zero attached hydrogens (tertiary/aromatic N) is 4. The van der Waals surface area contributed by atoms with Gasteiger partial charge in [-0.15, -0.1) is 10.2 Å². The Kier molecular flexibility index (Phi) is 6.97. The number of ether oxygens (including phenoxy) is 1. The van der Waals surface area contributed by atoms with Crippen LogP contribution in [0.15, 0.2) is 83.0 Å². The molecule has 0 saturated carbocycles. The van der Waals surface area contributed by atoms with E-state index in [1.807, 2.05) is 0 Å².